The van der Waals surface area contributed by atoms with Crippen LogP contribution in [0.1, 0.15) is 16.7 Å². The number of oxime groups is 1. The minimum absolute atomic E-state index is 0.0186. The molecule has 4 N–H and O–H groups in total. The summed E-state index contributed by atoms with van der Waals surface area (Å²) in [4.78, 5) is 16.4. The van der Waals surface area contributed by atoms with Crippen molar-refractivity contribution in [2.75, 3.05) is 5.73 Å². The third-order valence-corrected chi connectivity index (χ3v) is 3.40. The summed E-state index contributed by atoms with van der Waals surface area (Å²) >= 11 is 0. The Hall–Kier alpha value is -3.42. The van der Waals surface area contributed by atoms with E-state index in [2.05, 4.69) is 9.89 Å². The van der Waals surface area contributed by atoms with Crippen LogP contribution in [0.5, 0.6) is 5.75 Å². The molecule has 0 atom stereocenters. The molecule has 0 fully saturated rings. The number of alkyl halides is 2. The van der Waals surface area contributed by atoms with Crippen LogP contribution in [0.3, 0.4) is 0 Å². The van der Waals surface area contributed by atoms with Gasteiger partial charge in [-0.05, 0) is 42.3 Å². The van der Waals surface area contributed by atoms with E-state index in [1.807, 2.05) is 0 Å². The lowest BCUT2D eigenvalue weighted by Crippen LogP contribution is -2.16. The largest absolute Gasteiger partial charge is 0.435 e. The standard InChI is InChI=1S/C18H17F2N3O3/c1-11-14(3-2-4-15(11)21)17(22)23-26-16(24)10-7-12-5-8-13(9-6-12)25-18(19)20/h2-10,18H,21H2,1H3,(H2,22,23)/b10-7-. The number of nitrogens with two attached hydrogens (primary N) is 2. The monoisotopic (exact) mass is 361 g/mol. The molecule has 2 aromatic carbocycles. The number of hydrogen-bond acceptors (Lipinski definition) is 5. The fourth-order valence-electron chi connectivity index (χ4n) is 2.03. The van der Waals surface area contributed by atoms with Crippen LogP contribution in [0.4, 0.5) is 14.5 Å². The van der Waals surface area contributed by atoms with Gasteiger partial charge in [-0.25, -0.2) is 4.79 Å². The SMILES string of the molecule is Cc1c(N)cccc1/C(N)=N/OC(=O)/C=C\c1ccc(OC(F)F)cc1. The smallest absolute Gasteiger partial charge is 0.387 e. The molecule has 0 aliphatic carbocycles. The molecule has 0 spiro atoms. The van der Waals surface area contributed by atoms with Crippen molar-refractivity contribution in [2.24, 2.45) is 10.9 Å². The van der Waals surface area contributed by atoms with E-state index in [9.17, 15) is 13.6 Å². The van der Waals surface area contributed by atoms with Crippen LogP contribution in [0.2, 0.25) is 0 Å². The minimum Gasteiger partial charge on any atom is -0.435 e. The molecular weight excluding hydrogens is 344 g/mol. The molecule has 136 valence electrons. The summed E-state index contributed by atoms with van der Waals surface area (Å²) in [7, 11) is 0. The second-order valence-corrected chi connectivity index (χ2v) is 5.19. The summed E-state index contributed by atoms with van der Waals surface area (Å²) in [6, 6.07) is 10.9. The van der Waals surface area contributed by atoms with Crippen molar-refractivity contribution in [3.8, 4) is 5.75 Å². The lowest BCUT2D eigenvalue weighted by Gasteiger charge is -2.06. The molecule has 0 aliphatic rings. The maximum absolute atomic E-state index is 12.1. The maximum atomic E-state index is 12.1. The van der Waals surface area contributed by atoms with Crippen LogP contribution in [-0.2, 0) is 9.63 Å². The molecular formula is C18H17F2N3O3. The average Bonchev–Trinajstić information content (AvgIpc) is 2.61. The molecule has 0 amide bonds. The Labute approximate surface area is 148 Å². The summed E-state index contributed by atoms with van der Waals surface area (Å²) < 4.78 is 28.4. The highest BCUT2D eigenvalue weighted by atomic mass is 19.3. The zero-order chi connectivity index (χ0) is 19.1. The first-order chi connectivity index (χ1) is 12.4. The van der Waals surface area contributed by atoms with Gasteiger partial charge in [0.1, 0.15) is 5.75 Å². The van der Waals surface area contributed by atoms with E-state index in [0.29, 0.717) is 16.8 Å². The van der Waals surface area contributed by atoms with E-state index in [-0.39, 0.29) is 11.6 Å². The Morgan fingerprint density at radius 1 is 1.19 bits per heavy atom. The summed E-state index contributed by atoms with van der Waals surface area (Å²) in [6.07, 6.45) is 2.57. The van der Waals surface area contributed by atoms with Crippen molar-refractivity contribution in [3.63, 3.8) is 0 Å². The zero-order valence-electron chi connectivity index (χ0n) is 13.9. The van der Waals surface area contributed by atoms with Gasteiger partial charge in [0, 0.05) is 17.3 Å². The Morgan fingerprint density at radius 3 is 2.54 bits per heavy atom. The van der Waals surface area contributed by atoms with Crippen LogP contribution < -0.4 is 16.2 Å². The van der Waals surface area contributed by atoms with Gasteiger partial charge in [0.25, 0.3) is 0 Å². The predicted octanol–water partition coefficient (Wildman–Crippen LogP) is 3.06. The number of anilines is 1. The number of benzene rings is 2. The maximum Gasteiger partial charge on any atom is 0.387 e. The molecule has 0 bridgehead atoms. The van der Waals surface area contributed by atoms with E-state index < -0.39 is 12.6 Å². The summed E-state index contributed by atoms with van der Waals surface area (Å²) in [5.74, 6) is -0.706. The Kier molecular flexibility index (Phi) is 6.26. The van der Waals surface area contributed by atoms with Gasteiger partial charge in [-0.3, -0.25) is 0 Å². The number of halogens is 2. The van der Waals surface area contributed by atoms with Gasteiger partial charge in [-0.1, -0.05) is 29.4 Å². The van der Waals surface area contributed by atoms with Gasteiger partial charge in [-0.15, -0.1) is 0 Å². The molecule has 0 aromatic heterocycles. The van der Waals surface area contributed by atoms with E-state index in [0.717, 1.165) is 11.6 Å². The van der Waals surface area contributed by atoms with Gasteiger partial charge in [-0.2, -0.15) is 8.78 Å². The van der Waals surface area contributed by atoms with Crippen molar-refractivity contribution in [1.82, 2.24) is 0 Å². The molecule has 0 aliphatic heterocycles. The molecule has 2 aromatic rings. The topological polar surface area (TPSA) is 99.9 Å². The first-order valence-electron chi connectivity index (χ1n) is 7.49. The second-order valence-electron chi connectivity index (χ2n) is 5.19. The lowest BCUT2D eigenvalue weighted by molar-refractivity contribution is -0.137. The first-order valence-corrected chi connectivity index (χ1v) is 7.49. The van der Waals surface area contributed by atoms with E-state index in [1.165, 1.54) is 30.3 Å². The van der Waals surface area contributed by atoms with Crippen molar-refractivity contribution in [3.05, 3.63) is 65.2 Å². The number of rotatable bonds is 6. The molecule has 0 heterocycles. The minimum atomic E-state index is -2.89. The number of nitrogens with zero attached hydrogens (tertiary/aromatic N) is 1. The normalized spacial score (nSPS) is 11.8. The Balaban J connectivity index is 1.97. The van der Waals surface area contributed by atoms with E-state index in [1.54, 1.807) is 25.1 Å². The molecule has 26 heavy (non-hydrogen) atoms. The molecule has 0 saturated heterocycles. The van der Waals surface area contributed by atoms with Gasteiger partial charge in [0.05, 0.1) is 0 Å². The third kappa shape index (κ3) is 5.30. The molecule has 0 radical (unpaired) electrons. The average molecular weight is 361 g/mol. The zero-order valence-corrected chi connectivity index (χ0v) is 13.9. The van der Waals surface area contributed by atoms with Crippen molar-refractivity contribution >= 4 is 23.6 Å². The molecule has 0 saturated carbocycles. The highest BCUT2D eigenvalue weighted by Gasteiger charge is 2.07. The van der Waals surface area contributed by atoms with Crippen LogP contribution in [-0.4, -0.2) is 18.4 Å². The second kappa shape index (κ2) is 8.61. The molecule has 0 unspecified atom stereocenters. The van der Waals surface area contributed by atoms with Gasteiger partial charge in [0.15, 0.2) is 5.84 Å². The lowest BCUT2D eigenvalue weighted by atomic mass is 10.1. The number of nitrogen functional groups attached to an aromatic ring is 1. The summed E-state index contributed by atoms with van der Waals surface area (Å²) in [6.45, 7) is -1.12. The molecule has 8 heteroatoms. The quantitative estimate of drug-likeness (QED) is 0.206. The number of amidine groups is 1. The van der Waals surface area contributed by atoms with Crippen molar-refractivity contribution in [2.45, 2.75) is 13.5 Å². The van der Waals surface area contributed by atoms with Gasteiger partial charge >= 0.3 is 12.6 Å². The number of ether oxygens (including phenoxy) is 1. The Bertz CT molecular complexity index is 834. The van der Waals surface area contributed by atoms with Gasteiger partial charge < -0.3 is 21.0 Å². The van der Waals surface area contributed by atoms with Crippen molar-refractivity contribution in [1.29, 1.82) is 0 Å². The third-order valence-electron chi connectivity index (χ3n) is 3.40. The van der Waals surface area contributed by atoms with Gasteiger partial charge in [0.2, 0.25) is 0 Å². The van der Waals surface area contributed by atoms with Crippen molar-refractivity contribution < 1.29 is 23.1 Å². The predicted molar refractivity (Wildman–Crippen MR) is 94.5 cm³/mol. The number of carbonyl (C=O) groups is 1. The Morgan fingerprint density at radius 2 is 1.88 bits per heavy atom. The van der Waals surface area contributed by atoms with E-state index in [4.69, 9.17) is 16.3 Å². The van der Waals surface area contributed by atoms with E-state index >= 15 is 0 Å². The van der Waals surface area contributed by atoms with Crippen LogP contribution in [0.15, 0.2) is 53.7 Å². The van der Waals surface area contributed by atoms with Crippen LogP contribution in [0, 0.1) is 6.92 Å². The first kappa shape index (κ1) is 18.9. The van der Waals surface area contributed by atoms with Crippen LogP contribution >= 0.6 is 0 Å². The highest BCUT2D eigenvalue weighted by Crippen LogP contribution is 2.16. The van der Waals surface area contributed by atoms with Crippen LogP contribution in [0.25, 0.3) is 6.08 Å². The fraction of sp³-hybridized carbons (Fsp3) is 0.111. The fourth-order valence-corrected chi connectivity index (χ4v) is 2.03. The highest BCUT2D eigenvalue weighted by molar-refractivity contribution is 6.00. The summed E-state index contributed by atoms with van der Waals surface area (Å²) in [5.41, 5.74) is 14.0. The number of carbonyl (C=O) groups excluding carboxylic acids is 1. The summed E-state index contributed by atoms with van der Waals surface area (Å²) in [5, 5.41) is 3.59. The number of hydrogen-bond donors (Lipinski definition) is 2. The molecule has 2 rings (SSSR count). The molecule has 6 nitrogen and oxygen atoms in total.